The molecule has 0 aromatic heterocycles. The van der Waals surface area contributed by atoms with Crippen LogP contribution in [-0.2, 0) is 6.42 Å². The topological polar surface area (TPSA) is 24.1 Å². The average molecular weight is 311 g/mol. The molecule has 2 N–H and O–H groups in total. The number of piperidine rings is 1. The third kappa shape index (κ3) is 4.71. The van der Waals surface area contributed by atoms with Crippen LogP contribution in [0.5, 0.6) is 0 Å². The molecule has 100 valence electrons. The van der Waals surface area contributed by atoms with Crippen LogP contribution in [0, 0.1) is 5.92 Å². The molecule has 2 rings (SSSR count). The molecule has 1 aromatic carbocycles. The first-order chi connectivity index (χ1) is 8.74. The quantitative estimate of drug-likeness (QED) is 0.873. The molecule has 1 atom stereocenters. The highest BCUT2D eigenvalue weighted by Crippen LogP contribution is 2.13. The van der Waals surface area contributed by atoms with E-state index in [0.29, 0.717) is 6.04 Å². The Kier molecular flexibility index (Phi) is 5.67. The Bertz CT molecular complexity index is 344. The van der Waals surface area contributed by atoms with Crippen molar-refractivity contribution < 1.29 is 0 Å². The van der Waals surface area contributed by atoms with Gasteiger partial charge in [0.2, 0.25) is 0 Å². The van der Waals surface area contributed by atoms with Gasteiger partial charge in [0.1, 0.15) is 0 Å². The molecule has 1 saturated heterocycles. The van der Waals surface area contributed by atoms with Crippen molar-refractivity contribution in [2.45, 2.75) is 32.2 Å². The second-order valence-electron chi connectivity index (χ2n) is 5.33. The normalized spacial score (nSPS) is 18.8. The summed E-state index contributed by atoms with van der Waals surface area (Å²) in [5.74, 6) is 0.860. The van der Waals surface area contributed by atoms with Gasteiger partial charge in [-0.05, 0) is 69.4 Å². The summed E-state index contributed by atoms with van der Waals surface area (Å²) in [6, 6.07) is 9.20. The standard InChI is InChI=1S/C15H23BrN2/c1-12(10-13-2-4-15(16)5-3-13)18-11-14-6-8-17-9-7-14/h2-5,12,14,17-18H,6-11H2,1H3. The molecular formula is C15H23BrN2. The van der Waals surface area contributed by atoms with E-state index in [2.05, 4.69) is 57.8 Å². The minimum Gasteiger partial charge on any atom is -0.317 e. The van der Waals surface area contributed by atoms with Gasteiger partial charge in [-0.3, -0.25) is 0 Å². The second kappa shape index (κ2) is 7.27. The molecule has 2 nitrogen and oxygen atoms in total. The maximum absolute atomic E-state index is 3.68. The number of benzene rings is 1. The highest BCUT2D eigenvalue weighted by molar-refractivity contribution is 9.10. The van der Waals surface area contributed by atoms with Crippen LogP contribution >= 0.6 is 15.9 Å². The van der Waals surface area contributed by atoms with Crippen LogP contribution in [0.3, 0.4) is 0 Å². The molecule has 0 radical (unpaired) electrons. The lowest BCUT2D eigenvalue weighted by molar-refractivity contribution is 0.343. The Balaban J connectivity index is 1.71. The fourth-order valence-corrected chi connectivity index (χ4v) is 2.76. The highest BCUT2D eigenvalue weighted by Gasteiger charge is 2.13. The summed E-state index contributed by atoms with van der Waals surface area (Å²) in [4.78, 5) is 0. The van der Waals surface area contributed by atoms with Crippen LogP contribution in [0.4, 0.5) is 0 Å². The average Bonchev–Trinajstić information content (AvgIpc) is 2.40. The molecule has 1 fully saturated rings. The zero-order valence-corrected chi connectivity index (χ0v) is 12.7. The number of hydrogen-bond acceptors (Lipinski definition) is 2. The summed E-state index contributed by atoms with van der Waals surface area (Å²) in [5.41, 5.74) is 1.41. The van der Waals surface area contributed by atoms with E-state index in [1.165, 1.54) is 38.0 Å². The van der Waals surface area contributed by atoms with Crippen LogP contribution in [0.1, 0.15) is 25.3 Å². The van der Waals surface area contributed by atoms with Crippen LogP contribution in [0.2, 0.25) is 0 Å². The Hall–Kier alpha value is -0.380. The van der Waals surface area contributed by atoms with E-state index in [0.717, 1.165) is 16.8 Å². The van der Waals surface area contributed by atoms with E-state index in [1.807, 2.05) is 0 Å². The third-order valence-corrected chi connectivity index (χ3v) is 4.20. The molecule has 1 heterocycles. The van der Waals surface area contributed by atoms with Gasteiger partial charge in [-0.1, -0.05) is 28.1 Å². The first-order valence-corrected chi connectivity index (χ1v) is 7.72. The molecule has 0 saturated carbocycles. The van der Waals surface area contributed by atoms with E-state index in [-0.39, 0.29) is 0 Å². The Morgan fingerprint density at radius 2 is 1.94 bits per heavy atom. The molecule has 1 aliphatic heterocycles. The van der Waals surface area contributed by atoms with Crippen molar-refractivity contribution in [3.05, 3.63) is 34.3 Å². The van der Waals surface area contributed by atoms with Gasteiger partial charge in [0.05, 0.1) is 0 Å². The predicted molar refractivity (Wildman–Crippen MR) is 80.9 cm³/mol. The zero-order chi connectivity index (χ0) is 12.8. The number of halogens is 1. The predicted octanol–water partition coefficient (Wildman–Crippen LogP) is 2.97. The number of hydrogen-bond donors (Lipinski definition) is 2. The maximum atomic E-state index is 3.68. The fraction of sp³-hybridized carbons (Fsp3) is 0.600. The van der Waals surface area contributed by atoms with Gasteiger partial charge in [0.25, 0.3) is 0 Å². The first-order valence-electron chi connectivity index (χ1n) is 6.92. The molecule has 3 heteroatoms. The van der Waals surface area contributed by atoms with E-state index < -0.39 is 0 Å². The first kappa shape index (κ1) is 14.0. The van der Waals surface area contributed by atoms with Crippen molar-refractivity contribution in [1.82, 2.24) is 10.6 Å². The summed E-state index contributed by atoms with van der Waals surface area (Å²) >= 11 is 3.47. The molecule has 18 heavy (non-hydrogen) atoms. The van der Waals surface area contributed by atoms with Gasteiger partial charge in [-0.2, -0.15) is 0 Å². The monoisotopic (exact) mass is 310 g/mol. The maximum Gasteiger partial charge on any atom is 0.0175 e. The minimum absolute atomic E-state index is 0.557. The van der Waals surface area contributed by atoms with Crippen molar-refractivity contribution in [2.75, 3.05) is 19.6 Å². The van der Waals surface area contributed by atoms with Crippen LogP contribution in [0.15, 0.2) is 28.7 Å². The van der Waals surface area contributed by atoms with Gasteiger partial charge in [-0.25, -0.2) is 0 Å². The smallest absolute Gasteiger partial charge is 0.0175 e. The molecular weight excluding hydrogens is 288 g/mol. The van der Waals surface area contributed by atoms with Crippen LogP contribution < -0.4 is 10.6 Å². The molecule has 0 bridgehead atoms. The Morgan fingerprint density at radius 3 is 2.61 bits per heavy atom. The van der Waals surface area contributed by atoms with Gasteiger partial charge >= 0.3 is 0 Å². The molecule has 1 aromatic rings. The lowest BCUT2D eigenvalue weighted by Crippen LogP contribution is -2.37. The highest BCUT2D eigenvalue weighted by atomic mass is 79.9. The van der Waals surface area contributed by atoms with E-state index in [4.69, 9.17) is 0 Å². The second-order valence-corrected chi connectivity index (χ2v) is 6.25. The minimum atomic E-state index is 0.557. The molecule has 0 amide bonds. The number of nitrogens with one attached hydrogen (secondary N) is 2. The van der Waals surface area contributed by atoms with Gasteiger partial charge in [-0.15, -0.1) is 0 Å². The molecule has 0 spiro atoms. The van der Waals surface area contributed by atoms with E-state index in [1.54, 1.807) is 0 Å². The summed E-state index contributed by atoms with van der Waals surface area (Å²) in [7, 11) is 0. The summed E-state index contributed by atoms with van der Waals surface area (Å²) in [6.45, 7) is 5.82. The number of rotatable bonds is 5. The Labute approximate surface area is 119 Å². The van der Waals surface area contributed by atoms with Gasteiger partial charge in [0.15, 0.2) is 0 Å². The SMILES string of the molecule is CC(Cc1ccc(Br)cc1)NCC1CCNCC1. The summed E-state index contributed by atoms with van der Waals surface area (Å²) in [6.07, 6.45) is 3.74. The van der Waals surface area contributed by atoms with Crippen molar-refractivity contribution in [3.63, 3.8) is 0 Å². The van der Waals surface area contributed by atoms with Crippen LogP contribution in [-0.4, -0.2) is 25.7 Å². The molecule has 0 aliphatic carbocycles. The van der Waals surface area contributed by atoms with Gasteiger partial charge in [0, 0.05) is 10.5 Å². The zero-order valence-electron chi connectivity index (χ0n) is 11.1. The van der Waals surface area contributed by atoms with Crippen molar-refractivity contribution in [1.29, 1.82) is 0 Å². The van der Waals surface area contributed by atoms with Crippen molar-refractivity contribution >= 4 is 15.9 Å². The molecule has 1 aliphatic rings. The van der Waals surface area contributed by atoms with E-state index >= 15 is 0 Å². The summed E-state index contributed by atoms with van der Waals surface area (Å²) < 4.78 is 1.15. The lowest BCUT2D eigenvalue weighted by Gasteiger charge is -2.24. The van der Waals surface area contributed by atoms with Crippen LogP contribution in [0.25, 0.3) is 0 Å². The summed E-state index contributed by atoms with van der Waals surface area (Å²) in [5, 5.41) is 7.09. The third-order valence-electron chi connectivity index (χ3n) is 3.67. The largest absolute Gasteiger partial charge is 0.317 e. The van der Waals surface area contributed by atoms with Crippen molar-refractivity contribution in [2.24, 2.45) is 5.92 Å². The fourth-order valence-electron chi connectivity index (χ4n) is 2.50. The Morgan fingerprint density at radius 1 is 1.28 bits per heavy atom. The lowest BCUT2D eigenvalue weighted by atomic mass is 9.97. The van der Waals surface area contributed by atoms with Gasteiger partial charge < -0.3 is 10.6 Å². The molecule has 1 unspecified atom stereocenters. The van der Waals surface area contributed by atoms with Crippen molar-refractivity contribution in [3.8, 4) is 0 Å². The van der Waals surface area contributed by atoms with E-state index in [9.17, 15) is 0 Å².